The fourth-order valence-electron chi connectivity index (χ4n) is 5.02. The number of fused-ring (bicyclic) bond motifs is 8. The molecule has 7 rings (SSSR count). The van der Waals surface area contributed by atoms with Crippen LogP contribution in [0, 0.1) is 24.6 Å². The Kier molecular flexibility index (Phi) is 8.69. The number of furan rings is 1. The van der Waals surface area contributed by atoms with Crippen LogP contribution in [0.15, 0.2) is 77.0 Å². The summed E-state index contributed by atoms with van der Waals surface area (Å²) < 4.78 is 36.5. The number of aliphatic hydroxyl groups is 1. The monoisotopic (exact) mass is 773 g/mol. The van der Waals surface area contributed by atoms with Gasteiger partial charge in [0.1, 0.15) is 21.8 Å². The quantitative estimate of drug-likeness (QED) is 0.0837. The Morgan fingerprint density at radius 1 is 1.02 bits per heavy atom. The Balaban J connectivity index is 0.000000324. The van der Waals surface area contributed by atoms with Crippen LogP contribution >= 0.6 is 11.3 Å². The molecule has 4 heterocycles. The molecule has 0 atom stereocenters. The first-order valence-electron chi connectivity index (χ1n) is 13.5. The fraction of sp³-hybridized carbons (Fsp3) is 0.147. The first-order chi connectivity index (χ1) is 20.3. The van der Waals surface area contributed by atoms with Gasteiger partial charge in [-0.3, -0.25) is 9.78 Å². The Morgan fingerprint density at radius 3 is 2.56 bits per heavy atom. The van der Waals surface area contributed by atoms with Crippen molar-refractivity contribution in [2.24, 2.45) is 0 Å². The minimum atomic E-state index is -0.923. The van der Waals surface area contributed by atoms with E-state index in [-0.39, 0.29) is 37.0 Å². The van der Waals surface area contributed by atoms with Crippen molar-refractivity contribution in [1.82, 2.24) is 9.97 Å². The third-order valence-electron chi connectivity index (χ3n) is 7.13. The summed E-state index contributed by atoms with van der Waals surface area (Å²) in [7, 11) is 0. The van der Waals surface area contributed by atoms with E-state index in [9.17, 15) is 4.39 Å². The van der Waals surface area contributed by atoms with Crippen molar-refractivity contribution in [2.45, 2.75) is 33.6 Å². The van der Waals surface area contributed by atoms with Crippen molar-refractivity contribution in [3.8, 4) is 11.3 Å². The minimum absolute atomic E-state index is 0. The Labute approximate surface area is 263 Å². The molecule has 0 amide bonds. The van der Waals surface area contributed by atoms with Crippen LogP contribution in [0.1, 0.15) is 32.3 Å². The summed E-state index contributed by atoms with van der Waals surface area (Å²) in [6, 6.07) is 19.4. The number of ketones is 1. The summed E-state index contributed by atoms with van der Waals surface area (Å²) in [5.41, 5.74) is 3.63. The zero-order chi connectivity index (χ0) is 29.5. The molecule has 43 heavy (non-hydrogen) atoms. The number of hydrogen-bond donors (Lipinski definition) is 1. The number of pyridine rings is 2. The van der Waals surface area contributed by atoms with Gasteiger partial charge in [0.15, 0.2) is 11.6 Å². The minimum Gasteiger partial charge on any atom is -0.512 e. The Bertz CT molecular complexity index is 2200. The van der Waals surface area contributed by atoms with E-state index in [1.807, 2.05) is 63.2 Å². The number of hydrogen-bond acceptors (Lipinski definition) is 5. The van der Waals surface area contributed by atoms with Gasteiger partial charge >= 0.3 is 5.78 Å². The number of aryl methyl sites for hydroxylation is 1. The van der Waals surface area contributed by atoms with Crippen molar-refractivity contribution in [2.75, 3.05) is 0 Å². The van der Waals surface area contributed by atoms with Gasteiger partial charge in [0.2, 0.25) is 0 Å². The molecule has 0 saturated carbocycles. The van der Waals surface area contributed by atoms with Crippen LogP contribution in [0.3, 0.4) is 0 Å². The molecule has 1 radical (unpaired) electrons. The Hall–Kier alpha value is -4.04. The third-order valence-corrected chi connectivity index (χ3v) is 8.38. The van der Waals surface area contributed by atoms with Gasteiger partial charge < -0.3 is 9.52 Å². The SMILES string of the molecule is CCC(=[OH+])/C=C(\O)CC.Cc1[c-]c(-c2nc3ccc(F)c(F)c3c3c2oc2ccccc23)cc2c1sc1ncccc12.[Ir]. The molecule has 0 aliphatic heterocycles. The van der Waals surface area contributed by atoms with E-state index in [1.54, 1.807) is 17.5 Å². The molecule has 0 saturated heterocycles. The van der Waals surface area contributed by atoms with E-state index >= 15 is 4.39 Å². The molecule has 219 valence electrons. The van der Waals surface area contributed by atoms with Crippen LogP contribution in [0.2, 0.25) is 0 Å². The van der Waals surface area contributed by atoms with E-state index in [0.29, 0.717) is 46.0 Å². The van der Waals surface area contributed by atoms with Crippen LogP contribution in [0.25, 0.3) is 64.4 Å². The maximum atomic E-state index is 15.0. The average molecular weight is 773 g/mol. The number of aromatic nitrogens is 2. The summed E-state index contributed by atoms with van der Waals surface area (Å²) in [6.07, 6.45) is 4.32. The topological polar surface area (TPSA) is 80.5 Å². The molecule has 0 bridgehead atoms. The van der Waals surface area contributed by atoms with E-state index in [0.717, 1.165) is 37.5 Å². The van der Waals surface area contributed by atoms with Crippen LogP contribution in [-0.4, -0.2) is 25.7 Å². The summed E-state index contributed by atoms with van der Waals surface area (Å²) in [6.45, 7) is 5.66. The first kappa shape index (κ1) is 30.4. The molecule has 5 nitrogen and oxygen atoms in total. The second-order valence-electron chi connectivity index (χ2n) is 9.86. The number of carbonyl (C=O) groups excluding carboxylic acids is 1. The molecular weight excluding hydrogens is 747 g/mol. The zero-order valence-corrected chi connectivity index (χ0v) is 26.7. The summed E-state index contributed by atoms with van der Waals surface area (Å²) in [5.74, 6) is -1.37. The average Bonchev–Trinajstić information content (AvgIpc) is 3.58. The smallest absolute Gasteiger partial charge is 0.319 e. The van der Waals surface area contributed by atoms with Crippen molar-refractivity contribution in [1.29, 1.82) is 0 Å². The van der Waals surface area contributed by atoms with E-state index in [1.165, 1.54) is 12.1 Å². The van der Waals surface area contributed by atoms with Crippen LogP contribution in [0.5, 0.6) is 0 Å². The van der Waals surface area contributed by atoms with Crippen molar-refractivity contribution >= 4 is 70.3 Å². The zero-order valence-electron chi connectivity index (χ0n) is 23.5. The molecule has 0 aliphatic rings. The molecule has 0 spiro atoms. The molecular formula is C34H26F2IrN2O3S. The molecule has 0 fully saturated rings. The van der Waals surface area contributed by atoms with Crippen LogP contribution in [0.4, 0.5) is 8.78 Å². The number of halogens is 2. The Morgan fingerprint density at radius 2 is 1.79 bits per heavy atom. The molecule has 0 aliphatic carbocycles. The molecule has 4 aromatic heterocycles. The van der Waals surface area contributed by atoms with Gasteiger partial charge in [-0.15, -0.1) is 23.3 Å². The number of benzene rings is 3. The predicted octanol–water partition coefficient (Wildman–Crippen LogP) is 9.74. The predicted molar refractivity (Wildman–Crippen MR) is 167 cm³/mol. The molecule has 2 N–H and O–H groups in total. The number of rotatable bonds is 4. The van der Waals surface area contributed by atoms with Crippen LogP contribution < -0.4 is 0 Å². The summed E-state index contributed by atoms with van der Waals surface area (Å²) in [5, 5.41) is 12.3. The number of nitrogens with zero attached hydrogens (tertiary/aromatic N) is 2. The second kappa shape index (κ2) is 12.3. The summed E-state index contributed by atoms with van der Waals surface area (Å²) in [4.78, 5) is 19.0. The number of para-hydroxylation sites is 1. The van der Waals surface area contributed by atoms with Crippen LogP contribution in [-0.2, 0) is 20.1 Å². The van der Waals surface area contributed by atoms with Crippen molar-refractivity contribution in [3.63, 3.8) is 0 Å². The summed E-state index contributed by atoms with van der Waals surface area (Å²) >= 11 is 1.63. The third kappa shape index (κ3) is 5.44. The van der Waals surface area contributed by atoms with Crippen molar-refractivity contribution < 1.29 is 43.2 Å². The van der Waals surface area contributed by atoms with E-state index in [4.69, 9.17) is 19.3 Å². The van der Waals surface area contributed by atoms with Gasteiger partial charge in [-0.05, 0) is 34.4 Å². The largest absolute Gasteiger partial charge is 0.512 e. The second-order valence-corrected chi connectivity index (χ2v) is 10.9. The first-order valence-corrected chi connectivity index (χ1v) is 14.4. The van der Waals surface area contributed by atoms with Gasteiger partial charge in [0, 0.05) is 54.6 Å². The van der Waals surface area contributed by atoms with Gasteiger partial charge in [0.25, 0.3) is 0 Å². The number of allylic oxidation sites excluding steroid dienone is 2. The van der Waals surface area contributed by atoms with Gasteiger partial charge in [0.05, 0.1) is 18.0 Å². The molecule has 7 aromatic rings. The van der Waals surface area contributed by atoms with Gasteiger partial charge in [-0.25, -0.2) is 13.8 Å². The van der Waals surface area contributed by atoms with E-state index in [2.05, 4.69) is 11.1 Å². The number of thiophene rings is 1. The molecule has 9 heteroatoms. The van der Waals surface area contributed by atoms with Gasteiger partial charge in [-0.1, -0.05) is 50.4 Å². The molecule has 3 aromatic carbocycles. The van der Waals surface area contributed by atoms with Gasteiger partial charge in [-0.2, -0.15) is 11.3 Å². The molecule has 0 unspecified atom stereocenters. The normalized spacial score (nSPS) is 11.7. The number of aliphatic hydroxyl groups excluding tert-OH is 1. The van der Waals surface area contributed by atoms with E-state index < -0.39 is 11.6 Å². The standard InChI is InChI=1S/C27H13F2N2OS.C7H12O2.Ir/c1-13-11-14(12-17-15-6-4-10-30-27(15)33-26(13)17)24-25-21(16-5-2-3-7-20(16)32-25)22-19(31-24)9-8-18(28)23(22)29;1-3-6(8)5-7(9)4-2;/h2-10,12H,1H3;5,8H,3-4H2,1-2H3;/q-1;;/p+1/b;6-5-;. The van der Waals surface area contributed by atoms with Crippen molar-refractivity contribution in [3.05, 3.63) is 95.9 Å². The fourth-order valence-corrected chi connectivity index (χ4v) is 6.10. The maximum absolute atomic E-state index is 15.0. The maximum Gasteiger partial charge on any atom is 0.319 e.